The highest BCUT2D eigenvalue weighted by Crippen LogP contribution is 2.22. The second-order valence-electron chi connectivity index (χ2n) is 6.85. The molecule has 1 aliphatic heterocycles. The first kappa shape index (κ1) is 18.8. The van der Waals surface area contributed by atoms with Crippen molar-refractivity contribution in [1.82, 2.24) is 15.0 Å². The summed E-state index contributed by atoms with van der Waals surface area (Å²) in [5.41, 5.74) is 2.28. The van der Waals surface area contributed by atoms with Gasteiger partial charge in [-0.2, -0.15) is 0 Å². The summed E-state index contributed by atoms with van der Waals surface area (Å²) in [6.45, 7) is 4.66. The molecular formula is C21H23N5O3. The molecule has 0 atom stereocenters. The van der Waals surface area contributed by atoms with Gasteiger partial charge in [0, 0.05) is 49.8 Å². The van der Waals surface area contributed by atoms with E-state index in [0.717, 1.165) is 30.2 Å². The van der Waals surface area contributed by atoms with Crippen molar-refractivity contribution < 1.29 is 14.1 Å². The van der Waals surface area contributed by atoms with Crippen LogP contribution in [-0.4, -0.2) is 54.2 Å². The van der Waals surface area contributed by atoms with Crippen molar-refractivity contribution in [3.63, 3.8) is 0 Å². The van der Waals surface area contributed by atoms with E-state index in [-0.39, 0.29) is 5.91 Å². The van der Waals surface area contributed by atoms with Crippen LogP contribution in [0.5, 0.6) is 5.75 Å². The Labute approximate surface area is 169 Å². The number of amides is 1. The van der Waals surface area contributed by atoms with E-state index in [9.17, 15) is 4.79 Å². The highest BCUT2D eigenvalue weighted by atomic mass is 16.5. The normalized spacial score (nSPS) is 14.0. The lowest BCUT2D eigenvalue weighted by Crippen LogP contribution is -2.49. The van der Waals surface area contributed by atoms with Crippen LogP contribution in [0.4, 0.5) is 17.2 Å². The summed E-state index contributed by atoms with van der Waals surface area (Å²) in [6.07, 6.45) is 1.62. The van der Waals surface area contributed by atoms with Gasteiger partial charge in [0.1, 0.15) is 17.2 Å². The van der Waals surface area contributed by atoms with Gasteiger partial charge in [-0.3, -0.25) is 9.78 Å². The molecule has 1 aromatic carbocycles. The topological polar surface area (TPSA) is 83.7 Å². The second kappa shape index (κ2) is 8.22. The lowest BCUT2D eigenvalue weighted by Gasteiger charge is -2.36. The molecule has 1 fully saturated rings. The van der Waals surface area contributed by atoms with E-state index in [4.69, 9.17) is 9.26 Å². The molecule has 1 aliphatic rings. The third kappa shape index (κ3) is 4.31. The van der Waals surface area contributed by atoms with Crippen LogP contribution in [0.1, 0.15) is 16.2 Å². The minimum absolute atomic E-state index is 0.0700. The van der Waals surface area contributed by atoms with Gasteiger partial charge < -0.3 is 24.4 Å². The van der Waals surface area contributed by atoms with Gasteiger partial charge in [-0.25, -0.2) is 0 Å². The Bertz CT molecular complexity index is 978. The van der Waals surface area contributed by atoms with Crippen LogP contribution in [0, 0.1) is 6.92 Å². The van der Waals surface area contributed by atoms with Crippen molar-refractivity contribution in [2.45, 2.75) is 6.92 Å². The van der Waals surface area contributed by atoms with Gasteiger partial charge in [0.15, 0.2) is 5.82 Å². The summed E-state index contributed by atoms with van der Waals surface area (Å²) in [6, 6.07) is 13.3. The summed E-state index contributed by atoms with van der Waals surface area (Å²) in [4.78, 5) is 21.3. The van der Waals surface area contributed by atoms with Gasteiger partial charge in [0.25, 0.3) is 5.91 Å². The molecule has 8 nitrogen and oxygen atoms in total. The summed E-state index contributed by atoms with van der Waals surface area (Å²) in [5.74, 6) is 2.08. The summed E-state index contributed by atoms with van der Waals surface area (Å²) >= 11 is 0. The number of benzene rings is 1. The molecule has 2 aromatic heterocycles. The third-order valence-corrected chi connectivity index (χ3v) is 4.88. The number of hydrogen-bond donors (Lipinski definition) is 1. The van der Waals surface area contributed by atoms with Crippen LogP contribution >= 0.6 is 0 Å². The maximum atomic E-state index is 12.9. The number of rotatable bonds is 5. The summed E-state index contributed by atoms with van der Waals surface area (Å²) < 4.78 is 10.3. The number of carbonyl (C=O) groups is 1. The monoisotopic (exact) mass is 393 g/mol. The van der Waals surface area contributed by atoms with Crippen molar-refractivity contribution in [3.05, 3.63) is 60.1 Å². The minimum Gasteiger partial charge on any atom is -0.497 e. The highest BCUT2D eigenvalue weighted by molar-refractivity contribution is 5.93. The fourth-order valence-electron chi connectivity index (χ4n) is 3.32. The number of piperazine rings is 1. The van der Waals surface area contributed by atoms with Crippen LogP contribution in [0.2, 0.25) is 0 Å². The van der Waals surface area contributed by atoms with Gasteiger partial charge in [-0.05, 0) is 43.3 Å². The fraction of sp³-hybridized carbons (Fsp3) is 0.286. The molecule has 0 radical (unpaired) electrons. The fourth-order valence-corrected chi connectivity index (χ4v) is 3.32. The van der Waals surface area contributed by atoms with Gasteiger partial charge in [-0.1, -0.05) is 5.16 Å². The number of methoxy groups -OCH3 is 1. The number of anilines is 3. The van der Waals surface area contributed by atoms with E-state index in [0.29, 0.717) is 30.4 Å². The Balaban J connectivity index is 1.38. The zero-order chi connectivity index (χ0) is 20.2. The molecule has 0 unspecified atom stereocenters. The lowest BCUT2D eigenvalue weighted by molar-refractivity contribution is 0.0741. The number of nitrogens with one attached hydrogen (secondary N) is 1. The second-order valence-corrected chi connectivity index (χ2v) is 6.85. The number of ether oxygens (including phenoxy) is 1. The standard InChI is InChI=1S/C21H23N5O3/c1-15-13-20(24-29-15)23-16-7-8-22-19(14-16)21(27)26-11-9-25(10-12-26)17-3-5-18(28-2)6-4-17/h3-8,13-14H,9-12H2,1-2H3,(H,22,23,24). The molecule has 0 saturated carbocycles. The Hall–Kier alpha value is -3.55. The molecule has 0 spiro atoms. The van der Waals surface area contributed by atoms with Crippen molar-refractivity contribution in [1.29, 1.82) is 0 Å². The van der Waals surface area contributed by atoms with Crippen molar-refractivity contribution in [2.75, 3.05) is 43.5 Å². The highest BCUT2D eigenvalue weighted by Gasteiger charge is 2.23. The first-order valence-electron chi connectivity index (χ1n) is 9.47. The van der Waals surface area contributed by atoms with Crippen molar-refractivity contribution in [3.8, 4) is 5.75 Å². The quantitative estimate of drug-likeness (QED) is 0.713. The molecule has 0 bridgehead atoms. The maximum absolute atomic E-state index is 12.9. The number of nitrogens with zero attached hydrogens (tertiary/aromatic N) is 4. The molecule has 3 heterocycles. The Kier molecular flexibility index (Phi) is 5.33. The molecule has 1 saturated heterocycles. The number of hydrogen-bond acceptors (Lipinski definition) is 7. The average molecular weight is 393 g/mol. The van der Waals surface area contributed by atoms with Gasteiger partial charge in [0.2, 0.25) is 0 Å². The first-order chi connectivity index (χ1) is 14.1. The van der Waals surface area contributed by atoms with Crippen molar-refractivity contribution in [2.24, 2.45) is 0 Å². The summed E-state index contributed by atoms with van der Waals surface area (Å²) in [7, 11) is 1.66. The molecule has 3 aromatic rings. The predicted octanol–water partition coefficient (Wildman–Crippen LogP) is 3.09. The van der Waals surface area contributed by atoms with Crippen molar-refractivity contribution >= 4 is 23.1 Å². The van der Waals surface area contributed by atoms with Gasteiger partial charge in [0.05, 0.1) is 7.11 Å². The van der Waals surface area contributed by atoms with E-state index in [1.165, 1.54) is 0 Å². The minimum atomic E-state index is -0.0700. The molecule has 8 heteroatoms. The van der Waals surface area contributed by atoms with E-state index in [1.807, 2.05) is 36.1 Å². The van der Waals surface area contributed by atoms with Crippen LogP contribution in [0.25, 0.3) is 0 Å². The molecule has 1 amide bonds. The molecule has 150 valence electrons. The molecular weight excluding hydrogens is 370 g/mol. The van der Waals surface area contributed by atoms with Gasteiger partial charge in [-0.15, -0.1) is 0 Å². The molecule has 29 heavy (non-hydrogen) atoms. The van der Waals surface area contributed by atoms with E-state index in [2.05, 4.69) is 20.4 Å². The number of pyridine rings is 1. The summed E-state index contributed by atoms with van der Waals surface area (Å²) in [5, 5.41) is 7.03. The number of aryl methyl sites for hydroxylation is 1. The SMILES string of the molecule is COc1ccc(N2CCN(C(=O)c3cc(Nc4cc(C)on4)ccn3)CC2)cc1. The largest absolute Gasteiger partial charge is 0.497 e. The van der Waals surface area contributed by atoms with Crippen LogP contribution in [0.3, 0.4) is 0 Å². The number of aromatic nitrogens is 2. The van der Waals surface area contributed by atoms with Crippen LogP contribution in [-0.2, 0) is 0 Å². The Morgan fingerprint density at radius 3 is 2.52 bits per heavy atom. The molecule has 1 N–H and O–H groups in total. The zero-order valence-electron chi connectivity index (χ0n) is 16.5. The average Bonchev–Trinajstić information content (AvgIpc) is 3.18. The van der Waals surface area contributed by atoms with E-state index in [1.54, 1.807) is 31.5 Å². The Morgan fingerprint density at radius 2 is 1.86 bits per heavy atom. The van der Waals surface area contributed by atoms with E-state index >= 15 is 0 Å². The van der Waals surface area contributed by atoms with Crippen LogP contribution < -0.4 is 15.0 Å². The van der Waals surface area contributed by atoms with Gasteiger partial charge >= 0.3 is 0 Å². The number of carbonyl (C=O) groups excluding carboxylic acids is 1. The smallest absolute Gasteiger partial charge is 0.272 e. The zero-order valence-corrected chi connectivity index (χ0v) is 16.5. The predicted molar refractivity (Wildman–Crippen MR) is 110 cm³/mol. The lowest BCUT2D eigenvalue weighted by atomic mass is 10.2. The first-order valence-corrected chi connectivity index (χ1v) is 9.47. The molecule has 0 aliphatic carbocycles. The third-order valence-electron chi connectivity index (χ3n) is 4.88. The maximum Gasteiger partial charge on any atom is 0.272 e. The van der Waals surface area contributed by atoms with Crippen LogP contribution in [0.15, 0.2) is 53.2 Å². The van der Waals surface area contributed by atoms with E-state index < -0.39 is 0 Å². The Morgan fingerprint density at radius 1 is 1.10 bits per heavy atom. The molecule has 4 rings (SSSR count).